The molecule has 7 nitrogen and oxygen atoms in total. The summed E-state index contributed by atoms with van der Waals surface area (Å²) in [6.45, 7) is 0.298. The molecule has 9 heteroatoms. The van der Waals surface area contributed by atoms with Gasteiger partial charge in [0.15, 0.2) is 0 Å². The molecule has 0 unspecified atom stereocenters. The van der Waals surface area contributed by atoms with E-state index in [-0.39, 0.29) is 4.90 Å². The molecule has 2 aromatic heterocycles. The van der Waals surface area contributed by atoms with Gasteiger partial charge < -0.3 is 5.43 Å². The first kappa shape index (κ1) is 13.9. The highest BCUT2D eigenvalue weighted by molar-refractivity contribution is 7.89. The Morgan fingerprint density at radius 2 is 2.16 bits per heavy atom. The maximum absolute atomic E-state index is 11.9. The molecule has 0 radical (unpaired) electrons. The Labute approximate surface area is 114 Å². The lowest BCUT2D eigenvalue weighted by Gasteiger charge is -2.06. The summed E-state index contributed by atoms with van der Waals surface area (Å²) in [4.78, 5) is 8.04. The van der Waals surface area contributed by atoms with Crippen molar-refractivity contribution in [1.82, 2.24) is 14.7 Å². The third-order valence-electron chi connectivity index (χ3n) is 2.31. The summed E-state index contributed by atoms with van der Waals surface area (Å²) in [7, 11) is -3.54. The Morgan fingerprint density at radius 1 is 1.32 bits per heavy atom. The van der Waals surface area contributed by atoms with E-state index in [0.29, 0.717) is 18.8 Å². The van der Waals surface area contributed by atoms with Crippen molar-refractivity contribution in [3.05, 3.63) is 34.9 Å². The van der Waals surface area contributed by atoms with Gasteiger partial charge in [-0.25, -0.2) is 29.0 Å². The zero-order valence-electron chi connectivity index (χ0n) is 9.91. The normalized spacial score (nSPS) is 11.4. The fraction of sp³-hybridized carbons (Fsp3) is 0.200. The first-order valence-corrected chi connectivity index (χ1v) is 7.79. The van der Waals surface area contributed by atoms with Crippen LogP contribution in [0.1, 0.15) is 5.01 Å². The Hall–Kier alpha value is -1.55. The number of nitrogen functional groups attached to an aromatic ring is 1. The molecule has 0 saturated heterocycles. The molecular formula is C10H13N5O2S2. The van der Waals surface area contributed by atoms with Crippen LogP contribution in [0.5, 0.6) is 0 Å². The predicted octanol–water partition coefficient (Wildman–Crippen LogP) is 0.345. The molecule has 0 aliphatic carbocycles. The van der Waals surface area contributed by atoms with Crippen molar-refractivity contribution in [2.75, 3.05) is 12.0 Å². The Kier molecular flexibility index (Phi) is 4.43. The number of thiazole rings is 1. The number of rotatable bonds is 6. The highest BCUT2D eigenvalue weighted by Crippen LogP contribution is 2.10. The summed E-state index contributed by atoms with van der Waals surface area (Å²) in [6, 6.07) is 2.93. The van der Waals surface area contributed by atoms with E-state index in [4.69, 9.17) is 5.84 Å². The van der Waals surface area contributed by atoms with Crippen molar-refractivity contribution < 1.29 is 8.42 Å². The van der Waals surface area contributed by atoms with E-state index >= 15 is 0 Å². The van der Waals surface area contributed by atoms with Crippen LogP contribution in [0.15, 0.2) is 34.8 Å². The molecule has 0 fully saturated rings. The number of sulfonamides is 1. The third kappa shape index (κ3) is 3.70. The van der Waals surface area contributed by atoms with Gasteiger partial charge in [0.2, 0.25) is 10.0 Å². The maximum atomic E-state index is 11.9. The van der Waals surface area contributed by atoms with Crippen LogP contribution >= 0.6 is 11.3 Å². The first-order valence-electron chi connectivity index (χ1n) is 5.42. The predicted molar refractivity (Wildman–Crippen MR) is 73.1 cm³/mol. The number of hydrogen-bond donors (Lipinski definition) is 3. The van der Waals surface area contributed by atoms with E-state index < -0.39 is 10.0 Å². The Balaban J connectivity index is 1.97. The van der Waals surface area contributed by atoms with Gasteiger partial charge >= 0.3 is 0 Å². The third-order valence-corrected chi connectivity index (χ3v) is 4.59. The lowest BCUT2D eigenvalue weighted by Crippen LogP contribution is -2.26. The van der Waals surface area contributed by atoms with Gasteiger partial charge in [-0.2, -0.15) is 0 Å². The quantitative estimate of drug-likeness (QED) is 0.524. The minimum atomic E-state index is -3.54. The van der Waals surface area contributed by atoms with Crippen LogP contribution in [0.4, 0.5) is 5.82 Å². The summed E-state index contributed by atoms with van der Waals surface area (Å²) in [5.41, 5.74) is 2.33. The molecule has 102 valence electrons. The summed E-state index contributed by atoms with van der Waals surface area (Å²) in [5, 5.41) is 2.75. The smallest absolute Gasteiger partial charge is 0.242 e. The van der Waals surface area contributed by atoms with Crippen LogP contribution < -0.4 is 16.0 Å². The highest BCUT2D eigenvalue weighted by atomic mass is 32.2. The van der Waals surface area contributed by atoms with Crippen molar-refractivity contribution in [2.45, 2.75) is 11.3 Å². The Morgan fingerprint density at radius 3 is 2.74 bits per heavy atom. The Bertz CT molecular complexity index is 610. The lowest BCUT2D eigenvalue weighted by molar-refractivity contribution is 0.581. The zero-order chi connectivity index (χ0) is 13.7. The molecule has 0 spiro atoms. The number of aromatic nitrogens is 2. The van der Waals surface area contributed by atoms with Crippen molar-refractivity contribution in [3.8, 4) is 0 Å². The lowest BCUT2D eigenvalue weighted by atomic mass is 10.5. The minimum Gasteiger partial charge on any atom is -0.308 e. The second kappa shape index (κ2) is 6.06. The molecule has 0 atom stereocenters. The van der Waals surface area contributed by atoms with Gasteiger partial charge in [-0.15, -0.1) is 11.3 Å². The van der Waals surface area contributed by atoms with E-state index in [0.717, 1.165) is 5.01 Å². The van der Waals surface area contributed by atoms with Crippen LogP contribution in [0.2, 0.25) is 0 Å². The van der Waals surface area contributed by atoms with Gasteiger partial charge in [-0.3, -0.25) is 0 Å². The molecule has 0 aliphatic rings. The van der Waals surface area contributed by atoms with Crippen LogP contribution in [-0.2, 0) is 16.4 Å². The van der Waals surface area contributed by atoms with Crippen molar-refractivity contribution in [1.29, 1.82) is 0 Å². The number of anilines is 1. The van der Waals surface area contributed by atoms with Gasteiger partial charge in [0.05, 0.1) is 5.01 Å². The van der Waals surface area contributed by atoms with Gasteiger partial charge in [0.25, 0.3) is 0 Å². The molecular weight excluding hydrogens is 286 g/mol. The molecule has 2 rings (SSSR count). The molecule has 2 aromatic rings. The zero-order valence-corrected chi connectivity index (χ0v) is 11.5. The summed E-state index contributed by atoms with van der Waals surface area (Å²) in [5.74, 6) is 5.56. The van der Waals surface area contributed by atoms with Gasteiger partial charge in [-0.1, -0.05) is 0 Å². The van der Waals surface area contributed by atoms with Crippen molar-refractivity contribution in [3.63, 3.8) is 0 Å². The SMILES string of the molecule is NNc1ccc(S(=O)(=O)NCCc2nccs2)cn1. The number of hydrogen-bond acceptors (Lipinski definition) is 7. The molecule has 0 saturated carbocycles. The maximum Gasteiger partial charge on any atom is 0.242 e. The monoisotopic (exact) mass is 299 g/mol. The number of nitrogens with one attached hydrogen (secondary N) is 2. The van der Waals surface area contributed by atoms with E-state index in [1.165, 1.54) is 29.7 Å². The molecule has 0 aliphatic heterocycles. The number of hydrazine groups is 1. The second-order valence-electron chi connectivity index (χ2n) is 3.60. The van der Waals surface area contributed by atoms with Gasteiger partial charge in [-0.05, 0) is 12.1 Å². The first-order chi connectivity index (χ1) is 9.12. The largest absolute Gasteiger partial charge is 0.308 e. The second-order valence-corrected chi connectivity index (χ2v) is 6.34. The van der Waals surface area contributed by atoms with E-state index in [1.807, 2.05) is 5.38 Å². The van der Waals surface area contributed by atoms with Crippen LogP contribution in [-0.4, -0.2) is 24.9 Å². The summed E-state index contributed by atoms with van der Waals surface area (Å²) in [6.07, 6.45) is 3.50. The van der Waals surface area contributed by atoms with Crippen LogP contribution in [0.3, 0.4) is 0 Å². The van der Waals surface area contributed by atoms with Gasteiger partial charge in [0.1, 0.15) is 10.7 Å². The summed E-state index contributed by atoms with van der Waals surface area (Å²) < 4.78 is 26.4. The van der Waals surface area contributed by atoms with Crippen LogP contribution in [0, 0.1) is 0 Å². The molecule has 4 N–H and O–H groups in total. The standard InChI is InChI=1S/C10H13N5O2S2/c11-15-9-2-1-8(7-13-9)19(16,17)14-4-3-10-12-5-6-18-10/h1-2,5-7,14H,3-4,11H2,(H,13,15). The van der Waals surface area contributed by atoms with E-state index in [2.05, 4.69) is 20.1 Å². The van der Waals surface area contributed by atoms with E-state index in [1.54, 1.807) is 6.20 Å². The fourth-order valence-electron chi connectivity index (χ4n) is 1.38. The fourth-order valence-corrected chi connectivity index (χ4v) is 2.97. The number of nitrogens with zero attached hydrogens (tertiary/aromatic N) is 2. The number of pyridine rings is 1. The van der Waals surface area contributed by atoms with Crippen molar-refractivity contribution >= 4 is 27.2 Å². The average Bonchev–Trinajstić information content (AvgIpc) is 2.92. The van der Waals surface area contributed by atoms with E-state index in [9.17, 15) is 8.42 Å². The van der Waals surface area contributed by atoms with Crippen molar-refractivity contribution in [2.24, 2.45) is 5.84 Å². The van der Waals surface area contributed by atoms with Crippen LogP contribution in [0.25, 0.3) is 0 Å². The number of nitrogens with two attached hydrogens (primary N) is 1. The molecule has 0 bridgehead atoms. The highest BCUT2D eigenvalue weighted by Gasteiger charge is 2.13. The topological polar surface area (TPSA) is 110 Å². The van der Waals surface area contributed by atoms with Gasteiger partial charge in [0, 0.05) is 30.7 Å². The minimum absolute atomic E-state index is 0.102. The molecule has 0 aromatic carbocycles. The molecule has 0 amide bonds. The summed E-state index contributed by atoms with van der Waals surface area (Å²) >= 11 is 1.49. The molecule has 2 heterocycles. The molecule has 19 heavy (non-hydrogen) atoms. The average molecular weight is 299 g/mol.